The first-order valence-corrected chi connectivity index (χ1v) is 8.33. The van der Waals surface area contributed by atoms with Crippen LogP contribution in [0.3, 0.4) is 0 Å². The first kappa shape index (κ1) is 16.8. The molecule has 0 bridgehead atoms. The number of hydrogen-bond donors (Lipinski definition) is 1. The van der Waals surface area contributed by atoms with Gasteiger partial charge < -0.3 is 14.2 Å². The maximum Gasteiger partial charge on any atom is 0.360 e. The van der Waals surface area contributed by atoms with Gasteiger partial charge in [-0.15, -0.1) is 0 Å². The van der Waals surface area contributed by atoms with Gasteiger partial charge in [-0.2, -0.15) is 0 Å². The van der Waals surface area contributed by atoms with Crippen molar-refractivity contribution in [1.29, 1.82) is 0 Å². The maximum absolute atomic E-state index is 12.5. The molecule has 0 fully saturated rings. The maximum atomic E-state index is 12.5. The monoisotopic (exact) mass is 361 g/mol. The van der Waals surface area contributed by atoms with Crippen molar-refractivity contribution in [1.82, 2.24) is 0 Å². The van der Waals surface area contributed by atoms with E-state index in [0.717, 1.165) is 0 Å². The van der Waals surface area contributed by atoms with Crippen LogP contribution in [-0.2, 0) is 0 Å². The highest BCUT2D eigenvalue weighted by atomic mass is 16.4. The van der Waals surface area contributed by atoms with Gasteiger partial charge in [0.15, 0.2) is 5.43 Å². The number of furan rings is 1. The Morgan fingerprint density at radius 1 is 0.889 bits per heavy atom. The number of anilines is 1. The van der Waals surface area contributed by atoms with E-state index in [9.17, 15) is 14.4 Å². The van der Waals surface area contributed by atoms with Crippen LogP contribution in [0.5, 0.6) is 0 Å². The lowest BCUT2D eigenvalue weighted by Crippen LogP contribution is -2.17. The van der Waals surface area contributed by atoms with Crippen molar-refractivity contribution in [3.63, 3.8) is 0 Å². The van der Waals surface area contributed by atoms with E-state index in [1.165, 1.54) is 12.1 Å². The van der Waals surface area contributed by atoms with Crippen molar-refractivity contribution in [3.05, 3.63) is 86.3 Å². The van der Waals surface area contributed by atoms with Crippen molar-refractivity contribution in [3.8, 4) is 0 Å². The highest BCUT2D eigenvalue weighted by Crippen LogP contribution is 2.29. The molecule has 4 aromatic rings. The lowest BCUT2D eigenvalue weighted by atomic mass is 10.1. The van der Waals surface area contributed by atoms with Gasteiger partial charge in [-0.1, -0.05) is 18.2 Å². The topological polar surface area (TPSA) is 89.5 Å². The van der Waals surface area contributed by atoms with Gasteiger partial charge in [-0.25, -0.2) is 4.79 Å². The molecule has 0 saturated heterocycles. The summed E-state index contributed by atoms with van der Waals surface area (Å²) in [7, 11) is 0. The summed E-state index contributed by atoms with van der Waals surface area (Å²) in [5, 5.41) is 3.92. The Labute approximate surface area is 153 Å². The summed E-state index contributed by atoms with van der Waals surface area (Å²) < 4.78 is 11.0. The summed E-state index contributed by atoms with van der Waals surface area (Å²) >= 11 is 0. The third-order valence-electron chi connectivity index (χ3n) is 4.41. The fourth-order valence-electron chi connectivity index (χ4n) is 3.18. The average Bonchev–Trinajstić information content (AvgIpc) is 2.87. The second kappa shape index (κ2) is 6.25. The van der Waals surface area contributed by atoms with Crippen LogP contribution < -0.4 is 16.4 Å². The Balaban J connectivity index is 1.93. The van der Waals surface area contributed by atoms with Crippen LogP contribution in [0, 0.1) is 13.8 Å². The normalized spacial score (nSPS) is 11.0. The van der Waals surface area contributed by atoms with Crippen molar-refractivity contribution < 1.29 is 13.6 Å². The Morgan fingerprint density at radius 2 is 1.59 bits per heavy atom. The molecule has 0 aliphatic rings. The summed E-state index contributed by atoms with van der Waals surface area (Å²) in [6, 6.07) is 13.0. The largest absolute Gasteiger partial charge is 0.465 e. The van der Waals surface area contributed by atoms with E-state index in [0.29, 0.717) is 33.2 Å². The summed E-state index contributed by atoms with van der Waals surface area (Å²) in [6.07, 6.45) is 0. The molecule has 0 atom stereocenters. The number of carbonyl (C=O) groups is 1. The van der Waals surface area contributed by atoms with E-state index < -0.39 is 11.5 Å². The second-order valence-electron chi connectivity index (χ2n) is 6.21. The third kappa shape index (κ3) is 2.81. The zero-order valence-electron chi connectivity index (χ0n) is 14.7. The van der Waals surface area contributed by atoms with Crippen LogP contribution in [0.2, 0.25) is 0 Å². The Bertz CT molecular complexity index is 1320. The molecule has 2 heterocycles. The molecular weight excluding hydrogens is 346 g/mol. The van der Waals surface area contributed by atoms with Gasteiger partial charge in [0, 0.05) is 10.9 Å². The molecule has 0 saturated carbocycles. The molecule has 27 heavy (non-hydrogen) atoms. The second-order valence-corrected chi connectivity index (χ2v) is 6.21. The lowest BCUT2D eigenvalue weighted by molar-refractivity contribution is 0.102. The van der Waals surface area contributed by atoms with Crippen LogP contribution in [0.15, 0.2) is 67.0 Å². The van der Waals surface area contributed by atoms with Crippen LogP contribution in [0.25, 0.3) is 21.7 Å². The zero-order valence-corrected chi connectivity index (χ0v) is 14.7. The SMILES string of the molecule is Cc1oc(C)c2c1c(=O)ccc1cc(NC(=O)c3ccccc3)c(=O)oc12. The number of fused-ring (bicyclic) bond motifs is 3. The lowest BCUT2D eigenvalue weighted by Gasteiger charge is -2.04. The van der Waals surface area contributed by atoms with E-state index in [4.69, 9.17) is 8.83 Å². The van der Waals surface area contributed by atoms with E-state index in [1.54, 1.807) is 50.2 Å². The number of benzene rings is 1. The van der Waals surface area contributed by atoms with Crippen molar-refractivity contribution in [2.75, 3.05) is 5.32 Å². The quantitative estimate of drug-likeness (QED) is 0.587. The van der Waals surface area contributed by atoms with Crippen molar-refractivity contribution in [2.24, 2.45) is 0 Å². The van der Waals surface area contributed by atoms with Gasteiger partial charge in [-0.3, -0.25) is 9.59 Å². The first-order chi connectivity index (χ1) is 13.0. The summed E-state index contributed by atoms with van der Waals surface area (Å²) in [5.74, 6) is 0.534. The van der Waals surface area contributed by atoms with Gasteiger partial charge in [-0.05, 0) is 44.2 Å². The molecule has 2 aromatic carbocycles. The van der Waals surface area contributed by atoms with E-state index >= 15 is 0 Å². The highest BCUT2D eigenvalue weighted by molar-refractivity contribution is 6.07. The molecule has 6 nitrogen and oxygen atoms in total. The molecule has 0 unspecified atom stereocenters. The molecule has 0 aliphatic carbocycles. The standard InChI is InChI=1S/C21H15NO5/c1-11-17-16(23)9-8-14-10-15(22-20(24)13-6-4-3-5-7-13)21(25)27-19(14)18(17)12(2)26-11/h3-10H,1-2H3,(H,22,24). The molecule has 2 aromatic heterocycles. The average molecular weight is 361 g/mol. The smallest absolute Gasteiger partial charge is 0.360 e. The van der Waals surface area contributed by atoms with Crippen LogP contribution in [0.1, 0.15) is 21.9 Å². The molecule has 0 aliphatic heterocycles. The fraction of sp³-hybridized carbons (Fsp3) is 0.0952. The van der Waals surface area contributed by atoms with Crippen molar-refractivity contribution >= 4 is 33.3 Å². The minimum Gasteiger partial charge on any atom is -0.465 e. The molecule has 4 rings (SSSR count). The Hall–Kier alpha value is -3.67. The van der Waals surface area contributed by atoms with Gasteiger partial charge in [0.1, 0.15) is 22.8 Å². The molecular formula is C21H15NO5. The number of carbonyl (C=O) groups excluding carboxylic acids is 1. The minimum absolute atomic E-state index is 0.000946. The number of aryl methyl sites for hydroxylation is 2. The van der Waals surface area contributed by atoms with Crippen LogP contribution in [-0.4, -0.2) is 5.91 Å². The summed E-state index contributed by atoms with van der Waals surface area (Å²) in [4.78, 5) is 37.2. The zero-order chi connectivity index (χ0) is 19.1. The van der Waals surface area contributed by atoms with Gasteiger partial charge in [0.25, 0.3) is 5.91 Å². The number of rotatable bonds is 2. The Morgan fingerprint density at radius 3 is 2.33 bits per heavy atom. The fourth-order valence-corrected chi connectivity index (χ4v) is 3.18. The summed E-state index contributed by atoms with van der Waals surface area (Å²) in [5.41, 5.74) is -0.260. The van der Waals surface area contributed by atoms with E-state index in [-0.39, 0.29) is 16.7 Å². The Kier molecular flexibility index (Phi) is 3.88. The highest BCUT2D eigenvalue weighted by Gasteiger charge is 2.17. The van der Waals surface area contributed by atoms with E-state index in [2.05, 4.69) is 5.32 Å². The molecule has 1 amide bonds. The molecule has 0 spiro atoms. The first-order valence-electron chi connectivity index (χ1n) is 8.33. The predicted octanol–water partition coefficient (Wildman–Crippen LogP) is 3.77. The molecule has 134 valence electrons. The van der Waals surface area contributed by atoms with Gasteiger partial charge >= 0.3 is 5.63 Å². The molecule has 0 radical (unpaired) electrons. The van der Waals surface area contributed by atoms with Crippen molar-refractivity contribution in [2.45, 2.75) is 13.8 Å². The van der Waals surface area contributed by atoms with Crippen LogP contribution in [0.4, 0.5) is 5.69 Å². The van der Waals surface area contributed by atoms with Gasteiger partial charge in [0.2, 0.25) is 0 Å². The molecule has 1 N–H and O–H groups in total. The number of hydrogen-bond acceptors (Lipinski definition) is 5. The molecule has 6 heteroatoms. The number of nitrogens with one attached hydrogen (secondary N) is 1. The van der Waals surface area contributed by atoms with E-state index in [1.807, 2.05) is 0 Å². The van der Waals surface area contributed by atoms with Gasteiger partial charge in [0.05, 0.1) is 10.8 Å². The minimum atomic E-state index is -0.704. The number of amides is 1. The predicted molar refractivity (Wildman–Crippen MR) is 102 cm³/mol. The third-order valence-corrected chi connectivity index (χ3v) is 4.41. The van der Waals surface area contributed by atoms with Crippen LogP contribution >= 0.6 is 0 Å². The summed E-state index contributed by atoms with van der Waals surface area (Å²) in [6.45, 7) is 3.40.